The van der Waals surface area contributed by atoms with E-state index in [0.717, 1.165) is 36.0 Å². The molecule has 2 aliphatic heterocycles. The highest BCUT2D eigenvalue weighted by atomic mass is 19.1. The Balaban J connectivity index is 1.48. The Morgan fingerprint density at radius 2 is 1.94 bits per heavy atom. The smallest absolute Gasteiger partial charge is 0.437 e. The minimum atomic E-state index is -0.978. The highest BCUT2D eigenvalue weighted by Gasteiger charge is 2.29. The number of hydrogen-bond acceptors (Lipinski definition) is 4. The first kappa shape index (κ1) is 22.7. The lowest BCUT2D eigenvalue weighted by Crippen LogP contribution is -2.41. The molecule has 0 unspecified atom stereocenters. The Labute approximate surface area is 191 Å². The average Bonchev–Trinajstić information content (AvgIpc) is 2.82. The fraction of sp³-hybridized carbons (Fsp3) is 0.375. The standard InChI is InChI=1S/C24H27FN4O4/c25-21-19(14-33-24(31)28-23(26)27)2-1-3-20(21)17-4-5-18-13-29(9-6-16(18)12-17)22(30)15-7-10-32-11-8-15/h1-5,12,15H,6-11,13-14H2,(H4,26,27,28,31). The quantitative estimate of drug-likeness (QED) is 0.541. The topological polar surface area (TPSA) is 120 Å². The van der Waals surface area contributed by atoms with E-state index in [2.05, 4.69) is 4.99 Å². The molecule has 0 radical (unpaired) electrons. The molecule has 0 aromatic heterocycles. The predicted octanol–water partition coefficient (Wildman–Crippen LogP) is 2.71. The lowest BCUT2D eigenvalue weighted by atomic mass is 9.92. The molecule has 2 aromatic carbocycles. The highest BCUT2D eigenvalue weighted by molar-refractivity contribution is 5.87. The molecule has 0 atom stereocenters. The van der Waals surface area contributed by atoms with Crippen LogP contribution in [0.1, 0.15) is 29.5 Å². The first-order valence-electron chi connectivity index (χ1n) is 10.9. The lowest BCUT2D eigenvalue weighted by Gasteiger charge is -2.33. The van der Waals surface area contributed by atoms with Gasteiger partial charge in [-0.05, 0) is 36.0 Å². The van der Waals surface area contributed by atoms with Gasteiger partial charge in [-0.2, -0.15) is 0 Å². The number of nitrogens with zero attached hydrogens (tertiary/aromatic N) is 2. The summed E-state index contributed by atoms with van der Waals surface area (Å²) in [7, 11) is 0. The van der Waals surface area contributed by atoms with Crippen molar-refractivity contribution in [3.05, 3.63) is 58.9 Å². The summed E-state index contributed by atoms with van der Waals surface area (Å²) in [6, 6.07) is 10.7. The molecule has 0 spiro atoms. The molecule has 4 rings (SSSR count). The van der Waals surface area contributed by atoms with E-state index < -0.39 is 17.9 Å². The van der Waals surface area contributed by atoms with Crippen molar-refractivity contribution in [1.29, 1.82) is 0 Å². The molecule has 2 aromatic rings. The maximum absolute atomic E-state index is 15.1. The second kappa shape index (κ2) is 9.99. The van der Waals surface area contributed by atoms with Crippen LogP contribution in [0.2, 0.25) is 0 Å². The van der Waals surface area contributed by atoms with Crippen LogP contribution >= 0.6 is 0 Å². The van der Waals surface area contributed by atoms with E-state index in [4.69, 9.17) is 20.9 Å². The number of carbonyl (C=O) groups is 2. The minimum absolute atomic E-state index is 0.0393. The van der Waals surface area contributed by atoms with E-state index in [0.29, 0.717) is 31.9 Å². The Morgan fingerprint density at radius 3 is 2.70 bits per heavy atom. The number of rotatable bonds is 4. The molecule has 8 nitrogen and oxygen atoms in total. The number of fused-ring (bicyclic) bond motifs is 1. The summed E-state index contributed by atoms with van der Waals surface area (Å²) in [5.74, 6) is -0.655. The van der Waals surface area contributed by atoms with Crippen LogP contribution < -0.4 is 11.5 Å². The summed E-state index contributed by atoms with van der Waals surface area (Å²) in [6.07, 6.45) is 1.29. The second-order valence-electron chi connectivity index (χ2n) is 8.25. The summed E-state index contributed by atoms with van der Waals surface area (Å²) in [4.78, 5) is 29.5. The van der Waals surface area contributed by atoms with Gasteiger partial charge in [-0.25, -0.2) is 9.18 Å². The number of amides is 2. The Morgan fingerprint density at radius 1 is 1.15 bits per heavy atom. The molecule has 1 fully saturated rings. The van der Waals surface area contributed by atoms with Crippen molar-refractivity contribution in [2.75, 3.05) is 19.8 Å². The molecule has 0 aliphatic carbocycles. The fourth-order valence-electron chi connectivity index (χ4n) is 4.30. The number of ether oxygens (including phenoxy) is 2. The summed E-state index contributed by atoms with van der Waals surface area (Å²) in [6.45, 7) is 2.21. The zero-order valence-corrected chi connectivity index (χ0v) is 18.3. The summed E-state index contributed by atoms with van der Waals surface area (Å²) in [5, 5.41) is 0. The third-order valence-corrected chi connectivity index (χ3v) is 6.06. The van der Waals surface area contributed by atoms with E-state index in [-0.39, 0.29) is 24.0 Å². The van der Waals surface area contributed by atoms with Gasteiger partial charge in [0.15, 0.2) is 5.96 Å². The van der Waals surface area contributed by atoms with Crippen molar-refractivity contribution < 1.29 is 23.5 Å². The number of aliphatic imine (C=N–C) groups is 1. The molecule has 9 heteroatoms. The second-order valence-corrected chi connectivity index (χ2v) is 8.25. The number of guanidine groups is 1. The molecule has 174 valence electrons. The predicted molar refractivity (Wildman–Crippen MR) is 120 cm³/mol. The van der Waals surface area contributed by atoms with Crippen LogP contribution in [-0.2, 0) is 33.8 Å². The molecule has 2 amide bonds. The first-order valence-corrected chi connectivity index (χ1v) is 10.9. The van der Waals surface area contributed by atoms with E-state index >= 15 is 4.39 Å². The molecular weight excluding hydrogens is 427 g/mol. The zero-order valence-electron chi connectivity index (χ0n) is 18.3. The monoisotopic (exact) mass is 454 g/mol. The summed E-state index contributed by atoms with van der Waals surface area (Å²) >= 11 is 0. The van der Waals surface area contributed by atoms with Gasteiger partial charge in [0.25, 0.3) is 0 Å². The van der Waals surface area contributed by atoms with E-state index in [9.17, 15) is 9.59 Å². The normalized spacial score (nSPS) is 16.1. The maximum atomic E-state index is 15.1. The lowest BCUT2D eigenvalue weighted by molar-refractivity contribution is -0.139. The van der Waals surface area contributed by atoms with E-state index in [1.54, 1.807) is 18.2 Å². The maximum Gasteiger partial charge on any atom is 0.437 e. The minimum Gasteiger partial charge on any atom is -0.443 e. The van der Waals surface area contributed by atoms with Crippen molar-refractivity contribution in [1.82, 2.24) is 4.90 Å². The van der Waals surface area contributed by atoms with Crippen LogP contribution in [0.25, 0.3) is 11.1 Å². The number of benzene rings is 2. The van der Waals surface area contributed by atoms with Crippen molar-refractivity contribution in [3.8, 4) is 11.1 Å². The van der Waals surface area contributed by atoms with Gasteiger partial charge >= 0.3 is 6.09 Å². The van der Waals surface area contributed by atoms with Crippen LogP contribution in [0.5, 0.6) is 0 Å². The highest BCUT2D eigenvalue weighted by Crippen LogP contribution is 2.30. The molecule has 1 saturated heterocycles. The Bertz CT molecular complexity index is 1080. The van der Waals surface area contributed by atoms with Gasteiger partial charge in [0.05, 0.1) is 0 Å². The van der Waals surface area contributed by atoms with Crippen LogP contribution in [0.3, 0.4) is 0 Å². The van der Waals surface area contributed by atoms with Gasteiger partial charge in [0, 0.05) is 43.3 Å². The van der Waals surface area contributed by atoms with Crippen LogP contribution in [0.15, 0.2) is 41.4 Å². The third kappa shape index (κ3) is 5.31. The summed E-state index contributed by atoms with van der Waals surface area (Å²) < 4.78 is 25.4. The van der Waals surface area contributed by atoms with Gasteiger partial charge in [-0.3, -0.25) is 4.79 Å². The van der Waals surface area contributed by atoms with Crippen LogP contribution in [0, 0.1) is 11.7 Å². The van der Waals surface area contributed by atoms with Crippen LogP contribution in [0.4, 0.5) is 9.18 Å². The van der Waals surface area contributed by atoms with Crippen molar-refractivity contribution in [2.24, 2.45) is 22.4 Å². The van der Waals surface area contributed by atoms with Crippen molar-refractivity contribution >= 4 is 18.0 Å². The fourth-order valence-corrected chi connectivity index (χ4v) is 4.30. The summed E-state index contributed by atoms with van der Waals surface area (Å²) in [5.41, 5.74) is 13.8. The SMILES string of the molecule is NC(N)=NC(=O)OCc1cccc(-c2ccc3c(c2)CCN(C(=O)C2CCOCC2)C3)c1F. The number of hydrogen-bond donors (Lipinski definition) is 2. The van der Waals surface area contributed by atoms with Gasteiger partial charge in [-0.1, -0.05) is 36.4 Å². The third-order valence-electron chi connectivity index (χ3n) is 6.06. The largest absolute Gasteiger partial charge is 0.443 e. The molecule has 0 bridgehead atoms. The van der Waals surface area contributed by atoms with Gasteiger partial charge in [-0.15, -0.1) is 4.99 Å². The van der Waals surface area contributed by atoms with Gasteiger partial charge in [0.2, 0.25) is 5.91 Å². The number of halogens is 1. The van der Waals surface area contributed by atoms with Crippen LogP contribution in [-0.4, -0.2) is 42.6 Å². The Kier molecular flexibility index (Phi) is 6.88. The van der Waals surface area contributed by atoms with Gasteiger partial charge in [0.1, 0.15) is 12.4 Å². The zero-order chi connectivity index (χ0) is 23.4. The molecule has 33 heavy (non-hydrogen) atoms. The van der Waals surface area contributed by atoms with E-state index in [1.807, 2.05) is 23.1 Å². The average molecular weight is 455 g/mol. The molecule has 2 heterocycles. The molecule has 2 aliphatic rings. The molecule has 4 N–H and O–H groups in total. The Hall–Kier alpha value is -3.46. The molecule has 0 saturated carbocycles. The number of nitrogens with two attached hydrogens (primary N) is 2. The van der Waals surface area contributed by atoms with Crippen molar-refractivity contribution in [3.63, 3.8) is 0 Å². The van der Waals surface area contributed by atoms with Gasteiger partial charge < -0.3 is 25.8 Å². The van der Waals surface area contributed by atoms with Crippen molar-refractivity contribution in [2.45, 2.75) is 32.4 Å². The number of carbonyl (C=O) groups excluding carboxylic acids is 2. The molecular formula is C24H27FN4O4. The van der Waals surface area contributed by atoms with E-state index in [1.165, 1.54) is 0 Å². The first-order chi connectivity index (χ1) is 15.9.